The van der Waals surface area contributed by atoms with Gasteiger partial charge in [0.05, 0.1) is 10.8 Å². The lowest BCUT2D eigenvalue weighted by atomic mass is 9.96. The van der Waals surface area contributed by atoms with Crippen LogP contribution in [-0.2, 0) is 16.0 Å². The fourth-order valence-electron chi connectivity index (χ4n) is 3.45. The summed E-state index contributed by atoms with van der Waals surface area (Å²) in [4.78, 5) is 34.6. The molecule has 0 aliphatic carbocycles. The fourth-order valence-corrected chi connectivity index (χ4v) is 3.45. The lowest BCUT2D eigenvalue weighted by Gasteiger charge is -2.31. The molecule has 2 N–H and O–H groups in total. The molecule has 0 amide bonds. The molecule has 0 spiro atoms. The molecule has 1 fully saturated rings. The summed E-state index contributed by atoms with van der Waals surface area (Å²) in [6.07, 6.45) is 1.32. The number of carboxylic acids is 2. The van der Waals surface area contributed by atoms with Crippen molar-refractivity contribution in [1.82, 2.24) is 0 Å². The first-order chi connectivity index (χ1) is 14.3. The van der Waals surface area contributed by atoms with Crippen LogP contribution in [0, 0.1) is 16.0 Å². The lowest BCUT2D eigenvalue weighted by Crippen LogP contribution is -2.36. The van der Waals surface area contributed by atoms with Gasteiger partial charge in [-0.1, -0.05) is 12.1 Å². The van der Waals surface area contributed by atoms with Gasteiger partial charge in [0.15, 0.2) is 0 Å². The summed E-state index contributed by atoms with van der Waals surface area (Å²) in [5.74, 6) is -1.18. The zero-order valence-electron chi connectivity index (χ0n) is 16.2. The Kier molecular flexibility index (Phi) is 6.51. The average Bonchev–Trinajstić information content (AvgIpc) is 2.73. The van der Waals surface area contributed by atoms with Gasteiger partial charge in [0, 0.05) is 31.6 Å². The van der Waals surface area contributed by atoms with E-state index in [1.807, 2.05) is 4.90 Å². The van der Waals surface area contributed by atoms with Crippen LogP contribution in [0.3, 0.4) is 0 Å². The fraction of sp³-hybridized carbons (Fsp3) is 0.333. The number of nitro groups is 1. The number of rotatable bonds is 8. The molecule has 0 saturated carbocycles. The largest absolute Gasteiger partial charge is 0.481 e. The number of aryl methyl sites for hydroxylation is 1. The van der Waals surface area contributed by atoms with Gasteiger partial charge in [-0.15, -0.1) is 0 Å². The van der Waals surface area contributed by atoms with Crippen LogP contribution in [0.2, 0.25) is 0 Å². The first-order valence-electron chi connectivity index (χ1n) is 9.58. The van der Waals surface area contributed by atoms with E-state index in [0.717, 1.165) is 5.56 Å². The number of nitro benzene ring substituents is 1. The second-order valence-electron chi connectivity index (χ2n) is 7.15. The Hall–Kier alpha value is -3.62. The minimum absolute atomic E-state index is 0.0461. The summed E-state index contributed by atoms with van der Waals surface area (Å²) in [6, 6.07) is 11.5. The zero-order valence-corrected chi connectivity index (χ0v) is 16.2. The normalized spacial score (nSPS) is 14.3. The Labute approximate surface area is 172 Å². The number of piperidine rings is 1. The van der Waals surface area contributed by atoms with Crippen molar-refractivity contribution in [3.63, 3.8) is 0 Å². The third kappa shape index (κ3) is 5.25. The summed E-state index contributed by atoms with van der Waals surface area (Å²) in [5, 5.41) is 29.4. The van der Waals surface area contributed by atoms with Gasteiger partial charge < -0.3 is 19.8 Å². The van der Waals surface area contributed by atoms with E-state index in [9.17, 15) is 19.7 Å². The number of carbonyl (C=O) groups is 2. The van der Waals surface area contributed by atoms with Crippen LogP contribution in [0.25, 0.3) is 0 Å². The Balaban J connectivity index is 1.75. The van der Waals surface area contributed by atoms with Gasteiger partial charge in [-0.25, -0.2) is 0 Å². The van der Waals surface area contributed by atoms with Gasteiger partial charge in [-0.3, -0.25) is 19.7 Å². The number of hydrogen-bond acceptors (Lipinski definition) is 6. The molecule has 2 aromatic carbocycles. The molecule has 158 valence electrons. The molecular weight excluding hydrogens is 392 g/mol. The van der Waals surface area contributed by atoms with Gasteiger partial charge in [-0.05, 0) is 43.0 Å². The highest BCUT2D eigenvalue weighted by Gasteiger charge is 2.28. The van der Waals surface area contributed by atoms with Gasteiger partial charge in [0.1, 0.15) is 17.2 Å². The van der Waals surface area contributed by atoms with Gasteiger partial charge >= 0.3 is 11.9 Å². The predicted octanol–water partition coefficient (Wildman–Crippen LogP) is 3.71. The van der Waals surface area contributed by atoms with Crippen molar-refractivity contribution in [3.05, 3.63) is 58.1 Å². The number of aliphatic carboxylic acids is 2. The van der Waals surface area contributed by atoms with E-state index in [4.69, 9.17) is 14.9 Å². The summed E-state index contributed by atoms with van der Waals surface area (Å²) in [5.41, 5.74) is 1.22. The molecular formula is C21H22N2O7. The maximum absolute atomic E-state index is 11.5. The van der Waals surface area contributed by atoms with E-state index in [0.29, 0.717) is 49.5 Å². The van der Waals surface area contributed by atoms with E-state index >= 15 is 0 Å². The van der Waals surface area contributed by atoms with Crippen molar-refractivity contribution in [2.75, 3.05) is 18.0 Å². The Bertz CT molecular complexity index is 935. The molecule has 3 rings (SSSR count). The van der Waals surface area contributed by atoms with E-state index in [1.54, 1.807) is 30.3 Å². The van der Waals surface area contributed by atoms with Crippen LogP contribution in [0.5, 0.6) is 11.5 Å². The first-order valence-corrected chi connectivity index (χ1v) is 9.58. The second-order valence-corrected chi connectivity index (χ2v) is 7.15. The van der Waals surface area contributed by atoms with E-state index in [1.165, 1.54) is 12.1 Å². The van der Waals surface area contributed by atoms with E-state index in [-0.39, 0.29) is 12.1 Å². The summed E-state index contributed by atoms with van der Waals surface area (Å²) in [7, 11) is 0. The monoisotopic (exact) mass is 414 g/mol. The van der Waals surface area contributed by atoms with Crippen LogP contribution in [-0.4, -0.2) is 40.2 Å². The Morgan fingerprint density at radius 3 is 2.27 bits per heavy atom. The van der Waals surface area contributed by atoms with Crippen molar-refractivity contribution >= 4 is 23.3 Å². The molecule has 30 heavy (non-hydrogen) atoms. The minimum Gasteiger partial charge on any atom is -0.481 e. The average molecular weight is 414 g/mol. The molecule has 0 radical (unpaired) electrons. The van der Waals surface area contributed by atoms with Crippen LogP contribution in [0.15, 0.2) is 42.5 Å². The number of benzene rings is 2. The van der Waals surface area contributed by atoms with E-state index in [2.05, 4.69) is 0 Å². The maximum Gasteiger partial charge on any atom is 0.306 e. The molecule has 1 saturated heterocycles. The number of anilines is 1. The van der Waals surface area contributed by atoms with Crippen LogP contribution < -0.4 is 9.64 Å². The highest BCUT2D eigenvalue weighted by Crippen LogP contribution is 2.36. The number of carboxylic acid groups (broad SMARTS) is 2. The minimum atomic E-state index is -0.860. The number of nitrogens with zero attached hydrogens (tertiary/aromatic N) is 2. The number of ether oxygens (including phenoxy) is 1. The summed E-state index contributed by atoms with van der Waals surface area (Å²) in [6.45, 7) is 0.832. The first kappa shape index (κ1) is 21.1. The molecule has 9 heteroatoms. The third-order valence-electron chi connectivity index (χ3n) is 5.12. The molecule has 0 bridgehead atoms. The van der Waals surface area contributed by atoms with Crippen LogP contribution in [0.1, 0.15) is 24.8 Å². The molecule has 1 heterocycles. The van der Waals surface area contributed by atoms with Gasteiger partial charge in [0.25, 0.3) is 5.69 Å². The number of hydrogen-bond donors (Lipinski definition) is 2. The molecule has 1 aliphatic rings. The smallest absolute Gasteiger partial charge is 0.306 e. The van der Waals surface area contributed by atoms with Crippen LogP contribution in [0.4, 0.5) is 11.4 Å². The topological polar surface area (TPSA) is 130 Å². The molecule has 2 aromatic rings. The standard InChI is InChI=1S/C21H22N2O7/c24-20(25)8-3-14-1-4-16(5-2-14)30-17-6-7-18(23(28)29)19(13-17)22-11-9-15(10-12-22)21(26)27/h1-2,4-7,13,15H,3,8-12H2,(H,24,25)(H,26,27). The molecule has 0 unspecified atom stereocenters. The summed E-state index contributed by atoms with van der Waals surface area (Å²) >= 11 is 0. The Morgan fingerprint density at radius 2 is 1.70 bits per heavy atom. The van der Waals surface area contributed by atoms with Gasteiger partial charge in [0.2, 0.25) is 0 Å². The Morgan fingerprint density at radius 1 is 1.07 bits per heavy atom. The van der Waals surface area contributed by atoms with Crippen molar-refractivity contribution in [3.8, 4) is 11.5 Å². The molecule has 1 aliphatic heterocycles. The van der Waals surface area contributed by atoms with Gasteiger partial charge in [-0.2, -0.15) is 0 Å². The predicted molar refractivity (Wildman–Crippen MR) is 108 cm³/mol. The second kappa shape index (κ2) is 9.25. The SMILES string of the molecule is O=C(O)CCc1ccc(Oc2ccc([N+](=O)[O-])c(N3CCC(C(=O)O)CC3)c2)cc1. The van der Waals surface area contributed by atoms with Crippen molar-refractivity contribution in [2.24, 2.45) is 5.92 Å². The lowest BCUT2D eigenvalue weighted by molar-refractivity contribution is -0.384. The van der Waals surface area contributed by atoms with Crippen molar-refractivity contribution in [2.45, 2.75) is 25.7 Å². The molecule has 0 atom stereocenters. The summed E-state index contributed by atoms with van der Waals surface area (Å²) < 4.78 is 5.82. The highest BCUT2D eigenvalue weighted by molar-refractivity contribution is 5.71. The molecule has 0 aromatic heterocycles. The maximum atomic E-state index is 11.5. The molecule has 9 nitrogen and oxygen atoms in total. The zero-order chi connectivity index (χ0) is 21.7. The van der Waals surface area contributed by atoms with Crippen molar-refractivity contribution in [1.29, 1.82) is 0 Å². The van der Waals surface area contributed by atoms with Crippen LogP contribution >= 0.6 is 0 Å². The highest BCUT2D eigenvalue weighted by atomic mass is 16.6. The van der Waals surface area contributed by atoms with E-state index < -0.39 is 22.8 Å². The third-order valence-corrected chi connectivity index (χ3v) is 5.12. The van der Waals surface area contributed by atoms with Crippen molar-refractivity contribution < 1.29 is 29.5 Å². The quantitative estimate of drug-likeness (QED) is 0.494.